The zero-order valence-electron chi connectivity index (χ0n) is 9.21. The van der Waals surface area contributed by atoms with E-state index in [1.165, 1.54) is 6.07 Å². The minimum absolute atomic E-state index is 0.240. The molecular formula is C13H11Cl2FS. The van der Waals surface area contributed by atoms with Gasteiger partial charge in [-0.1, -0.05) is 17.7 Å². The summed E-state index contributed by atoms with van der Waals surface area (Å²) >= 11 is 13.9. The number of hydrogen-bond donors (Lipinski definition) is 0. The molecule has 0 aliphatic heterocycles. The van der Waals surface area contributed by atoms with Crippen LogP contribution in [0.25, 0.3) is 0 Å². The van der Waals surface area contributed by atoms with Crippen LogP contribution in [0.2, 0.25) is 5.02 Å². The van der Waals surface area contributed by atoms with Gasteiger partial charge in [0.05, 0.1) is 5.38 Å². The molecule has 2 aromatic rings. The van der Waals surface area contributed by atoms with Crippen LogP contribution in [-0.2, 0) is 6.42 Å². The Morgan fingerprint density at radius 2 is 2.12 bits per heavy atom. The number of benzene rings is 1. The van der Waals surface area contributed by atoms with Gasteiger partial charge >= 0.3 is 0 Å². The smallest absolute Gasteiger partial charge is 0.127 e. The van der Waals surface area contributed by atoms with Crippen LogP contribution in [-0.4, -0.2) is 0 Å². The molecule has 0 radical (unpaired) electrons. The van der Waals surface area contributed by atoms with Crippen molar-refractivity contribution >= 4 is 34.5 Å². The van der Waals surface area contributed by atoms with E-state index in [0.29, 0.717) is 17.0 Å². The van der Waals surface area contributed by atoms with E-state index in [1.54, 1.807) is 23.5 Å². The quantitative estimate of drug-likeness (QED) is 0.666. The molecule has 90 valence electrons. The van der Waals surface area contributed by atoms with Crippen molar-refractivity contribution in [1.82, 2.24) is 0 Å². The average Bonchev–Trinajstić information content (AvgIpc) is 2.70. The highest BCUT2D eigenvalue weighted by Gasteiger charge is 2.16. The highest BCUT2D eigenvalue weighted by Crippen LogP contribution is 2.32. The summed E-state index contributed by atoms with van der Waals surface area (Å²) in [5.41, 5.74) is 2.68. The Morgan fingerprint density at radius 3 is 2.71 bits per heavy atom. The third-order valence-electron chi connectivity index (χ3n) is 2.68. The van der Waals surface area contributed by atoms with Gasteiger partial charge < -0.3 is 0 Å². The minimum Gasteiger partial charge on any atom is -0.207 e. The summed E-state index contributed by atoms with van der Waals surface area (Å²) in [4.78, 5) is 0. The molecule has 0 aliphatic carbocycles. The molecule has 1 aromatic carbocycles. The second-order valence-corrected chi connectivity index (χ2v) is 5.56. The molecule has 0 saturated carbocycles. The third-order valence-corrected chi connectivity index (χ3v) is 4.30. The van der Waals surface area contributed by atoms with Crippen LogP contribution in [0.15, 0.2) is 29.0 Å². The molecule has 0 bridgehead atoms. The molecule has 2 rings (SSSR count). The molecule has 0 nitrogen and oxygen atoms in total. The first-order valence-electron chi connectivity index (χ1n) is 5.19. The maximum Gasteiger partial charge on any atom is 0.127 e. The van der Waals surface area contributed by atoms with Gasteiger partial charge in [0.1, 0.15) is 5.82 Å². The molecule has 1 atom stereocenters. The van der Waals surface area contributed by atoms with Crippen molar-refractivity contribution in [1.29, 1.82) is 0 Å². The lowest BCUT2D eigenvalue weighted by Crippen LogP contribution is -1.99. The monoisotopic (exact) mass is 288 g/mol. The summed E-state index contributed by atoms with van der Waals surface area (Å²) in [7, 11) is 0. The zero-order chi connectivity index (χ0) is 12.4. The molecule has 1 aromatic heterocycles. The molecular weight excluding hydrogens is 278 g/mol. The molecule has 1 unspecified atom stereocenters. The van der Waals surface area contributed by atoms with Gasteiger partial charge in [-0.25, -0.2) is 4.39 Å². The van der Waals surface area contributed by atoms with E-state index in [1.807, 2.05) is 17.7 Å². The number of halogens is 3. The molecule has 1 heterocycles. The predicted molar refractivity (Wildman–Crippen MR) is 72.8 cm³/mol. The SMILES string of the molecule is Cc1cscc1C(Cl)Cc1c(F)cccc1Cl. The number of rotatable bonds is 3. The Balaban J connectivity index is 2.25. The first kappa shape index (κ1) is 12.9. The Morgan fingerprint density at radius 1 is 1.35 bits per heavy atom. The molecule has 0 fully saturated rings. The lowest BCUT2D eigenvalue weighted by atomic mass is 10.0. The highest BCUT2D eigenvalue weighted by atomic mass is 35.5. The van der Waals surface area contributed by atoms with Crippen LogP contribution in [0.1, 0.15) is 22.1 Å². The molecule has 0 N–H and O–H groups in total. The van der Waals surface area contributed by atoms with Crippen LogP contribution >= 0.6 is 34.5 Å². The summed E-state index contributed by atoms with van der Waals surface area (Å²) in [6.45, 7) is 2.00. The van der Waals surface area contributed by atoms with Crippen LogP contribution < -0.4 is 0 Å². The van der Waals surface area contributed by atoms with Gasteiger partial charge in [0.15, 0.2) is 0 Å². The van der Waals surface area contributed by atoms with Crippen molar-refractivity contribution in [2.45, 2.75) is 18.7 Å². The van der Waals surface area contributed by atoms with Crippen LogP contribution in [0.5, 0.6) is 0 Å². The Bertz CT molecular complexity index is 502. The lowest BCUT2D eigenvalue weighted by molar-refractivity contribution is 0.607. The standard InChI is InChI=1S/C13H11Cl2FS/c1-8-6-17-7-10(8)12(15)5-9-11(14)3-2-4-13(9)16/h2-4,6-7,12H,5H2,1H3. The van der Waals surface area contributed by atoms with E-state index >= 15 is 0 Å². The van der Waals surface area contributed by atoms with Crippen molar-refractivity contribution in [2.24, 2.45) is 0 Å². The van der Waals surface area contributed by atoms with Crippen molar-refractivity contribution in [3.8, 4) is 0 Å². The highest BCUT2D eigenvalue weighted by molar-refractivity contribution is 7.08. The van der Waals surface area contributed by atoms with E-state index in [0.717, 1.165) is 11.1 Å². The summed E-state index contributed by atoms with van der Waals surface area (Å²) in [6, 6.07) is 4.69. The molecule has 0 spiro atoms. The number of thiophene rings is 1. The average molecular weight is 289 g/mol. The van der Waals surface area contributed by atoms with Gasteiger partial charge in [-0.3, -0.25) is 0 Å². The van der Waals surface area contributed by atoms with Gasteiger partial charge in [-0.15, -0.1) is 11.6 Å². The summed E-state index contributed by atoms with van der Waals surface area (Å²) < 4.78 is 13.6. The van der Waals surface area contributed by atoms with Gasteiger partial charge in [0, 0.05) is 10.6 Å². The van der Waals surface area contributed by atoms with Gasteiger partial charge in [-0.05, 0) is 47.4 Å². The van der Waals surface area contributed by atoms with Gasteiger partial charge in [0.2, 0.25) is 0 Å². The van der Waals surface area contributed by atoms with Crippen molar-refractivity contribution in [3.63, 3.8) is 0 Å². The first-order chi connectivity index (χ1) is 8.09. The molecule has 17 heavy (non-hydrogen) atoms. The van der Waals surface area contributed by atoms with Crippen LogP contribution in [0.4, 0.5) is 4.39 Å². The summed E-state index contributed by atoms with van der Waals surface area (Å²) in [5.74, 6) is -0.295. The molecule has 0 saturated heterocycles. The summed E-state index contributed by atoms with van der Waals surface area (Å²) in [6.07, 6.45) is 0.407. The van der Waals surface area contributed by atoms with E-state index in [-0.39, 0.29) is 11.2 Å². The van der Waals surface area contributed by atoms with Gasteiger partial charge in [-0.2, -0.15) is 11.3 Å². The normalized spacial score (nSPS) is 12.7. The second kappa shape index (κ2) is 5.38. The predicted octanol–water partition coefficient (Wildman–Crippen LogP) is 5.37. The van der Waals surface area contributed by atoms with E-state index in [4.69, 9.17) is 23.2 Å². The topological polar surface area (TPSA) is 0 Å². The van der Waals surface area contributed by atoms with E-state index in [2.05, 4.69) is 0 Å². The van der Waals surface area contributed by atoms with Crippen molar-refractivity contribution in [3.05, 3.63) is 56.5 Å². The lowest BCUT2D eigenvalue weighted by Gasteiger charge is -2.11. The second-order valence-electron chi connectivity index (χ2n) is 3.88. The Labute approximate surface area is 114 Å². The fourth-order valence-electron chi connectivity index (χ4n) is 1.71. The third kappa shape index (κ3) is 2.82. The van der Waals surface area contributed by atoms with Crippen molar-refractivity contribution in [2.75, 3.05) is 0 Å². The largest absolute Gasteiger partial charge is 0.207 e. The minimum atomic E-state index is -0.295. The maximum absolute atomic E-state index is 13.6. The molecule has 0 amide bonds. The first-order valence-corrected chi connectivity index (χ1v) is 6.95. The zero-order valence-corrected chi connectivity index (χ0v) is 11.5. The van der Waals surface area contributed by atoms with Crippen LogP contribution in [0.3, 0.4) is 0 Å². The molecule has 0 aliphatic rings. The van der Waals surface area contributed by atoms with E-state index < -0.39 is 0 Å². The maximum atomic E-state index is 13.6. The Hall–Kier alpha value is -0.570. The fraction of sp³-hybridized carbons (Fsp3) is 0.231. The Kier molecular flexibility index (Phi) is 4.08. The molecule has 4 heteroatoms. The van der Waals surface area contributed by atoms with E-state index in [9.17, 15) is 4.39 Å². The number of hydrogen-bond acceptors (Lipinski definition) is 1. The summed E-state index contributed by atoms with van der Waals surface area (Å²) in [5, 5.41) is 4.23. The van der Waals surface area contributed by atoms with Gasteiger partial charge in [0.25, 0.3) is 0 Å². The van der Waals surface area contributed by atoms with Crippen LogP contribution in [0, 0.1) is 12.7 Å². The van der Waals surface area contributed by atoms with Crippen molar-refractivity contribution < 1.29 is 4.39 Å². The number of aryl methyl sites for hydroxylation is 1. The fourth-order valence-corrected chi connectivity index (χ4v) is 3.32. The number of alkyl halides is 1.